The predicted molar refractivity (Wildman–Crippen MR) is 102 cm³/mol. The normalized spacial score (nSPS) is 11.6. The molecule has 148 valence electrons. The fourth-order valence-electron chi connectivity index (χ4n) is 2.47. The highest BCUT2D eigenvalue weighted by Gasteiger charge is 2.22. The van der Waals surface area contributed by atoms with Crippen molar-refractivity contribution in [2.45, 2.75) is 19.5 Å². The molecule has 2 rings (SSSR count). The van der Waals surface area contributed by atoms with Gasteiger partial charge in [-0.2, -0.15) is 0 Å². The van der Waals surface area contributed by atoms with Crippen molar-refractivity contribution in [3.8, 4) is 0 Å². The Hall–Kier alpha value is -2.91. The van der Waals surface area contributed by atoms with Crippen LogP contribution in [0, 0.1) is 10.1 Å². The van der Waals surface area contributed by atoms with Crippen LogP contribution in [-0.4, -0.2) is 28.5 Å². The fraction of sp³-hybridized carbons (Fsp3) is 0.235. The molecule has 0 aliphatic heterocycles. The van der Waals surface area contributed by atoms with Crippen LogP contribution in [0.2, 0.25) is 10.0 Å². The number of nitrogens with one attached hydrogen (secondary N) is 1. The van der Waals surface area contributed by atoms with Crippen molar-refractivity contribution in [2.75, 3.05) is 7.11 Å². The third kappa shape index (κ3) is 4.87. The number of pyridine rings is 1. The summed E-state index contributed by atoms with van der Waals surface area (Å²) in [4.78, 5) is 46.4. The van der Waals surface area contributed by atoms with E-state index in [9.17, 15) is 24.5 Å². The summed E-state index contributed by atoms with van der Waals surface area (Å²) in [6.07, 6.45) is 1.03. The van der Waals surface area contributed by atoms with Gasteiger partial charge < -0.3 is 10.1 Å². The molecule has 1 amide bonds. The van der Waals surface area contributed by atoms with Crippen molar-refractivity contribution in [3.63, 3.8) is 0 Å². The van der Waals surface area contributed by atoms with Crippen LogP contribution in [0.1, 0.15) is 28.9 Å². The molecule has 0 bridgehead atoms. The summed E-state index contributed by atoms with van der Waals surface area (Å²) >= 11 is 11.9. The van der Waals surface area contributed by atoms with Crippen LogP contribution in [-0.2, 0) is 16.1 Å². The fourth-order valence-corrected chi connectivity index (χ4v) is 3.04. The number of methoxy groups -OCH3 is 1. The van der Waals surface area contributed by atoms with Crippen LogP contribution in [0.3, 0.4) is 0 Å². The van der Waals surface area contributed by atoms with Gasteiger partial charge >= 0.3 is 17.2 Å². The third-order valence-electron chi connectivity index (χ3n) is 3.81. The highest BCUT2D eigenvalue weighted by atomic mass is 35.5. The van der Waals surface area contributed by atoms with Crippen LogP contribution in [0.5, 0.6) is 0 Å². The Labute approximate surface area is 169 Å². The van der Waals surface area contributed by atoms with E-state index in [-0.39, 0.29) is 5.56 Å². The minimum absolute atomic E-state index is 0.226. The molecular formula is C17H15Cl2N3O6. The highest BCUT2D eigenvalue weighted by molar-refractivity contribution is 6.35. The standard InChI is InChI=1S/C17H15Cl2N3O6/c1-9(12-4-3-11(18)6-13(12)19)20-15(23)8-21-7-10(17(25)28-2)5-14(16(21)24)22(26)27/h3-7,9H,8H2,1-2H3,(H,20,23)/t9-/m1/s1. The number of rotatable bonds is 6. The number of esters is 1. The van der Waals surface area contributed by atoms with E-state index in [0.29, 0.717) is 15.6 Å². The number of hydrogen-bond donors (Lipinski definition) is 1. The van der Waals surface area contributed by atoms with E-state index < -0.39 is 40.6 Å². The monoisotopic (exact) mass is 427 g/mol. The Morgan fingerprint density at radius 2 is 2.00 bits per heavy atom. The lowest BCUT2D eigenvalue weighted by Crippen LogP contribution is -2.34. The zero-order valence-electron chi connectivity index (χ0n) is 14.8. The van der Waals surface area contributed by atoms with E-state index in [4.69, 9.17) is 23.2 Å². The minimum Gasteiger partial charge on any atom is -0.465 e. The zero-order chi connectivity index (χ0) is 21.0. The second-order valence-electron chi connectivity index (χ2n) is 5.75. The summed E-state index contributed by atoms with van der Waals surface area (Å²) in [5, 5.41) is 14.5. The van der Waals surface area contributed by atoms with Crippen molar-refractivity contribution < 1.29 is 19.2 Å². The first kappa shape index (κ1) is 21.4. The Bertz CT molecular complexity index is 1000. The summed E-state index contributed by atoms with van der Waals surface area (Å²) in [7, 11) is 1.09. The van der Waals surface area contributed by atoms with Crippen molar-refractivity contribution in [1.29, 1.82) is 0 Å². The Kier molecular flexibility index (Phi) is 6.76. The maximum Gasteiger partial charge on any atom is 0.339 e. The van der Waals surface area contributed by atoms with Gasteiger partial charge in [0.25, 0.3) is 0 Å². The number of nitrogens with zero attached hydrogens (tertiary/aromatic N) is 2. The number of nitro groups is 1. The van der Waals surface area contributed by atoms with E-state index >= 15 is 0 Å². The molecule has 1 N–H and O–H groups in total. The first-order chi connectivity index (χ1) is 13.1. The van der Waals surface area contributed by atoms with Crippen LogP contribution < -0.4 is 10.9 Å². The number of hydrogen-bond acceptors (Lipinski definition) is 6. The summed E-state index contributed by atoms with van der Waals surface area (Å²) < 4.78 is 5.29. The van der Waals surface area contributed by atoms with E-state index in [1.165, 1.54) is 6.07 Å². The SMILES string of the molecule is COC(=O)c1cc([N+](=O)[O-])c(=O)n(CC(=O)N[C@H](C)c2ccc(Cl)cc2Cl)c1. The van der Waals surface area contributed by atoms with E-state index in [1.807, 2.05) is 0 Å². The van der Waals surface area contributed by atoms with Gasteiger partial charge in [-0.25, -0.2) is 4.79 Å². The average Bonchev–Trinajstić information content (AvgIpc) is 2.62. The average molecular weight is 428 g/mol. The number of benzene rings is 1. The van der Waals surface area contributed by atoms with E-state index in [0.717, 1.165) is 23.9 Å². The van der Waals surface area contributed by atoms with Gasteiger partial charge in [-0.05, 0) is 24.6 Å². The molecule has 0 saturated heterocycles. The molecule has 1 atom stereocenters. The maximum atomic E-state index is 12.3. The van der Waals surface area contributed by atoms with Crippen molar-refractivity contribution in [1.82, 2.24) is 9.88 Å². The van der Waals surface area contributed by atoms with Gasteiger partial charge in [0, 0.05) is 22.3 Å². The molecule has 0 saturated carbocycles. The third-order valence-corrected chi connectivity index (χ3v) is 4.37. The van der Waals surface area contributed by atoms with Gasteiger partial charge in [0.05, 0.1) is 23.6 Å². The first-order valence-electron chi connectivity index (χ1n) is 7.85. The number of carbonyl (C=O) groups is 2. The predicted octanol–water partition coefficient (Wildman–Crippen LogP) is 2.73. The van der Waals surface area contributed by atoms with Crippen molar-refractivity contribution in [3.05, 3.63) is 72.1 Å². The number of halogens is 2. The maximum absolute atomic E-state index is 12.3. The molecule has 1 aromatic heterocycles. The number of aromatic nitrogens is 1. The Morgan fingerprint density at radius 1 is 1.32 bits per heavy atom. The summed E-state index contributed by atoms with van der Waals surface area (Å²) in [6, 6.07) is 5.06. The van der Waals surface area contributed by atoms with Gasteiger partial charge in [-0.3, -0.25) is 24.3 Å². The van der Waals surface area contributed by atoms with Gasteiger partial charge in [0.2, 0.25) is 5.91 Å². The smallest absolute Gasteiger partial charge is 0.339 e. The highest BCUT2D eigenvalue weighted by Crippen LogP contribution is 2.26. The van der Waals surface area contributed by atoms with Crippen LogP contribution in [0.15, 0.2) is 35.3 Å². The van der Waals surface area contributed by atoms with Crippen LogP contribution in [0.4, 0.5) is 5.69 Å². The number of carbonyl (C=O) groups excluding carboxylic acids is 2. The molecule has 0 radical (unpaired) electrons. The molecule has 0 aliphatic rings. The van der Waals surface area contributed by atoms with Crippen LogP contribution in [0.25, 0.3) is 0 Å². The molecule has 1 aromatic carbocycles. The molecule has 2 aromatic rings. The molecule has 0 spiro atoms. The summed E-state index contributed by atoms with van der Waals surface area (Å²) in [5.74, 6) is -1.49. The van der Waals surface area contributed by atoms with E-state index in [2.05, 4.69) is 10.1 Å². The van der Waals surface area contributed by atoms with Crippen LogP contribution >= 0.6 is 23.2 Å². The summed E-state index contributed by atoms with van der Waals surface area (Å²) in [5.41, 5.74) is -1.49. The molecule has 0 unspecified atom stereocenters. The Morgan fingerprint density at radius 3 is 2.57 bits per heavy atom. The number of amides is 1. The number of ether oxygens (including phenoxy) is 1. The molecular weight excluding hydrogens is 413 g/mol. The lowest BCUT2D eigenvalue weighted by molar-refractivity contribution is -0.386. The van der Waals surface area contributed by atoms with Gasteiger partial charge in [-0.1, -0.05) is 29.3 Å². The lowest BCUT2D eigenvalue weighted by atomic mass is 10.1. The minimum atomic E-state index is -1.02. The van der Waals surface area contributed by atoms with Gasteiger partial charge in [-0.15, -0.1) is 0 Å². The second kappa shape index (κ2) is 8.85. The zero-order valence-corrected chi connectivity index (χ0v) is 16.3. The van der Waals surface area contributed by atoms with Gasteiger partial charge in [0.1, 0.15) is 6.54 Å². The first-order valence-corrected chi connectivity index (χ1v) is 8.61. The van der Waals surface area contributed by atoms with Gasteiger partial charge in [0.15, 0.2) is 0 Å². The summed E-state index contributed by atoms with van der Waals surface area (Å²) in [6.45, 7) is 1.13. The molecule has 0 aliphatic carbocycles. The van der Waals surface area contributed by atoms with E-state index in [1.54, 1.807) is 19.1 Å². The largest absolute Gasteiger partial charge is 0.465 e. The quantitative estimate of drug-likeness (QED) is 0.429. The molecule has 11 heteroatoms. The molecule has 0 fully saturated rings. The molecule has 28 heavy (non-hydrogen) atoms. The second-order valence-corrected chi connectivity index (χ2v) is 6.59. The topological polar surface area (TPSA) is 121 Å². The van der Waals surface area contributed by atoms with Crippen molar-refractivity contribution >= 4 is 40.8 Å². The molecule has 9 nitrogen and oxygen atoms in total. The Balaban J connectivity index is 2.27. The van der Waals surface area contributed by atoms with Crippen molar-refractivity contribution in [2.24, 2.45) is 0 Å². The lowest BCUT2D eigenvalue weighted by Gasteiger charge is -2.16. The molecule has 1 heterocycles.